The Balaban J connectivity index is 2.48. The standard InChI is InChI=1S/C10H15N3O3/c1-2-7(14)3-5-11-10-12-6-4-8(13-10)9(15)16/h4,6-7,14H,2-3,5H2,1H3,(H,15,16)(H,11,12,13). The van der Waals surface area contributed by atoms with Crippen molar-refractivity contribution >= 4 is 11.9 Å². The summed E-state index contributed by atoms with van der Waals surface area (Å²) in [6, 6.07) is 1.33. The van der Waals surface area contributed by atoms with E-state index in [2.05, 4.69) is 15.3 Å². The molecule has 0 bridgehead atoms. The molecule has 1 aromatic rings. The molecule has 0 saturated carbocycles. The van der Waals surface area contributed by atoms with Gasteiger partial charge in [0.1, 0.15) is 0 Å². The van der Waals surface area contributed by atoms with Gasteiger partial charge in [0, 0.05) is 12.7 Å². The quantitative estimate of drug-likeness (QED) is 0.661. The van der Waals surface area contributed by atoms with E-state index < -0.39 is 5.97 Å². The number of aliphatic hydroxyl groups is 1. The predicted molar refractivity (Wildman–Crippen MR) is 58.4 cm³/mol. The molecule has 0 radical (unpaired) electrons. The third-order valence-corrected chi connectivity index (χ3v) is 2.11. The van der Waals surface area contributed by atoms with Crippen LogP contribution in [0.4, 0.5) is 5.95 Å². The number of aliphatic hydroxyl groups excluding tert-OH is 1. The molecule has 16 heavy (non-hydrogen) atoms. The van der Waals surface area contributed by atoms with Crippen LogP contribution in [0.1, 0.15) is 30.3 Å². The zero-order valence-electron chi connectivity index (χ0n) is 9.05. The van der Waals surface area contributed by atoms with Crippen LogP contribution in [0, 0.1) is 0 Å². The molecule has 0 aromatic carbocycles. The maximum absolute atomic E-state index is 10.6. The molecule has 1 atom stereocenters. The van der Waals surface area contributed by atoms with Gasteiger partial charge in [-0.2, -0.15) is 0 Å². The van der Waals surface area contributed by atoms with Crippen LogP contribution in [0.5, 0.6) is 0 Å². The Bertz CT molecular complexity index is 357. The van der Waals surface area contributed by atoms with Crippen molar-refractivity contribution in [1.29, 1.82) is 0 Å². The first-order valence-electron chi connectivity index (χ1n) is 5.11. The SMILES string of the molecule is CCC(O)CCNc1nccc(C(=O)O)n1. The lowest BCUT2D eigenvalue weighted by atomic mass is 10.2. The highest BCUT2D eigenvalue weighted by atomic mass is 16.4. The Morgan fingerprint density at radius 3 is 3.00 bits per heavy atom. The summed E-state index contributed by atoms with van der Waals surface area (Å²) in [6.07, 6.45) is 2.30. The fourth-order valence-electron chi connectivity index (χ4n) is 1.12. The maximum Gasteiger partial charge on any atom is 0.354 e. The fourth-order valence-corrected chi connectivity index (χ4v) is 1.12. The third kappa shape index (κ3) is 3.82. The van der Waals surface area contributed by atoms with Gasteiger partial charge in [-0.1, -0.05) is 6.92 Å². The van der Waals surface area contributed by atoms with E-state index in [1.807, 2.05) is 6.92 Å². The Kier molecular flexibility index (Phi) is 4.65. The van der Waals surface area contributed by atoms with Gasteiger partial charge < -0.3 is 15.5 Å². The molecule has 0 spiro atoms. The highest BCUT2D eigenvalue weighted by Gasteiger charge is 2.06. The molecule has 1 heterocycles. The lowest BCUT2D eigenvalue weighted by molar-refractivity contribution is 0.0690. The smallest absolute Gasteiger partial charge is 0.354 e. The van der Waals surface area contributed by atoms with Gasteiger partial charge in [0.15, 0.2) is 5.69 Å². The van der Waals surface area contributed by atoms with Crippen LogP contribution < -0.4 is 5.32 Å². The van der Waals surface area contributed by atoms with E-state index >= 15 is 0 Å². The number of rotatable bonds is 6. The van der Waals surface area contributed by atoms with Crippen LogP contribution in [0.15, 0.2) is 12.3 Å². The van der Waals surface area contributed by atoms with E-state index in [-0.39, 0.29) is 17.7 Å². The molecule has 0 amide bonds. The topological polar surface area (TPSA) is 95.3 Å². The largest absolute Gasteiger partial charge is 0.477 e. The Morgan fingerprint density at radius 2 is 2.38 bits per heavy atom. The second-order valence-electron chi connectivity index (χ2n) is 3.35. The fraction of sp³-hybridized carbons (Fsp3) is 0.500. The van der Waals surface area contributed by atoms with Crippen LogP contribution in [0.3, 0.4) is 0 Å². The molecule has 0 saturated heterocycles. The van der Waals surface area contributed by atoms with Gasteiger partial charge in [0.2, 0.25) is 5.95 Å². The average Bonchev–Trinajstić information content (AvgIpc) is 2.29. The minimum absolute atomic E-state index is 0.0476. The van der Waals surface area contributed by atoms with Crippen LogP contribution in [-0.2, 0) is 0 Å². The number of aromatic carboxylic acids is 1. The Labute approximate surface area is 93.4 Å². The number of hydrogen-bond acceptors (Lipinski definition) is 5. The van der Waals surface area contributed by atoms with Crippen LogP contribution in [0.2, 0.25) is 0 Å². The molecule has 0 aliphatic rings. The van der Waals surface area contributed by atoms with Crippen molar-refractivity contribution in [1.82, 2.24) is 9.97 Å². The summed E-state index contributed by atoms with van der Waals surface area (Å²) < 4.78 is 0. The minimum atomic E-state index is -1.08. The second-order valence-corrected chi connectivity index (χ2v) is 3.35. The third-order valence-electron chi connectivity index (χ3n) is 2.11. The number of nitrogens with zero attached hydrogens (tertiary/aromatic N) is 2. The van der Waals surface area contributed by atoms with E-state index in [4.69, 9.17) is 5.11 Å². The lowest BCUT2D eigenvalue weighted by Gasteiger charge is -2.08. The average molecular weight is 225 g/mol. The highest BCUT2D eigenvalue weighted by Crippen LogP contribution is 2.02. The van der Waals surface area contributed by atoms with E-state index in [9.17, 15) is 9.90 Å². The zero-order valence-corrected chi connectivity index (χ0v) is 9.05. The first kappa shape index (κ1) is 12.4. The molecule has 6 heteroatoms. The summed E-state index contributed by atoms with van der Waals surface area (Å²) in [7, 11) is 0. The zero-order chi connectivity index (χ0) is 12.0. The highest BCUT2D eigenvalue weighted by molar-refractivity contribution is 5.85. The minimum Gasteiger partial charge on any atom is -0.477 e. The van der Waals surface area contributed by atoms with Crippen molar-refractivity contribution in [2.75, 3.05) is 11.9 Å². The van der Waals surface area contributed by atoms with Crippen molar-refractivity contribution in [3.63, 3.8) is 0 Å². The van der Waals surface area contributed by atoms with Crippen LogP contribution in [0.25, 0.3) is 0 Å². The summed E-state index contributed by atoms with van der Waals surface area (Å²) in [6.45, 7) is 2.41. The molecule has 1 rings (SSSR count). The molecule has 1 unspecified atom stereocenters. The molecule has 6 nitrogen and oxygen atoms in total. The van der Waals surface area contributed by atoms with Crippen molar-refractivity contribution in [2.24, 2.45) is 0 Å². The van der Waals surface area contributed by atoms with E-state index in [0.29, 0.717) is 19.4 Å². The molecule has 3 N–H and O–H groups in total. The molecule has 0 aliphatic heterocycles. The first-order valence-corrected chi connectivity index (χ1v) is 5.11. The molecular formula is C10H15N3O3. The van der Waals surface area contributed by atoms with Crippen molar-refractivity contribution in [3.05, 3.63) is 18.0 Å². The summed E-state index contributed by atoms with van der Waals surface area (Å²) >= 11 is 0. The number of nitrogens with one attached hydrogen (secondary N) is 1. The lowest BCUT2D eigenvalue weighted by Crippen LogP contribution is -2.14. The number of aromatic nitrogens is 2. The number of anilines is 1. The van der Waals surface area contributed by atoms with Gasteiger partial charge in [-0.05, 0) is 18.9 Å². The molecule has 0 aliphatic carbocycles. The summed E-state index contributed by atoms with van der Waals surface area (Å²) in [5, 5.41) is 20.9. The second kappa shape index (κ2) is 6.02. The Hall–Kier alpha value is -1.69. The summed E-state index contributed by atoms with van der Waals surface area (Å²) in [5.74, 6) is -0.817. The van der Waals surface area contributed by atoms with Gasteiger partial charge in [-0.3, -0.25) is 0 Å². The van der Waals surface area contributed by atoms with Crippen molar-refractivity contribution < 1.29 is 15.0 Å². The van der Waals surface area contributed by atoms with Gasteiger partial charge >= 0.3 is 5.97 Å². The van der Waals surface area contributed by atoms with Gasteiger partial charge in [0.05, 0.1) is 6.10 Å². The molecule has 0 fully saturated rings. The number of carboxylic acid groups (broad SMARTS) is 1. The number of carbonyl (C=O) groups is 1. The number of carboxylic acids is 1. The predicted octanol–water partition coefficient (Wildman–Crippen LogP) is 0.748. The van der Waals surface area contributed by atoms with Crippen molar-refractivity contribution in [3.8, 4) is 0 Å². The number of hydrogen-bond donors (Lipinski definition) is 3. The maximum atomic E-state index is 10.6. The summed E-state index contributed by atoms with van der Waals surface area (Å²) in [4.78, 5) is 18.3. The van der Waals surface area contributed by atoms with Gasteiger partial charge in [0.25, 0.3) is 0 Å². The monoisotopic (exact) mass is 225 g/mol. The van der Waals surface area contributed by atoms with E-state index in [1.54, 1.807) is 0 Å². The first-order chi connectivity index (χ1) is 7.63. The molecule has 88 valence electrons. The summed E-state index contributed by atoms with van der Waals surface area (Å²) in [5.41, 5.74) is -0.0476. The molecule has 1 aromatic heterocycles. The van der Waals surface area contributed by atoms with E-state index in [0.717, 1.165) is 0 Å². The normalized spacial score (nSPS) is 12.1. The van der Waals surface area contributed by atoms with Gasteiger partial charge in [-0.25, -0.2) is 14.8 Å². The Morgan fingerprint density at radius 1 is 1.62 bits per heavy atom. The van der Waals surface area contributed by atoms with E-state index in [1.165, 1.54) is 12.3 Å². The van der Waals surface area contributed by atoms with Crippen LogP contribution >= 0.6 is 0 Å². The van der Waals surface area contributed by atoms with Crippen LogP contribution in [-0.4, -0.2) is 38.8 Å². The van der Waals surface area contributed by atoms with Gasteiger partial charge in [-0.15, -0.1) is 0 Å². The molecular weight excluding hydrogens is 210 g/mol. The van der Waals surface area contributed by atoms with Crippen molar-refractivity contribution in [2.45, 2.75) is 25.9 Å².